The Morgan fingerprint density at radius 2 is 1.95 bits per heavy atom. The first-order valence-corrected chi connectivity index (χ1v) is 6.23. The number of nitrogens with one attached hydrogen (secondary N) is 1. The summed E-state index contributed by atoms with van der Waals surface area (Å²) in [4.78, 5) is 21.4. The molecule has 104 valence electrons. The summed E-state index contributed by atoms with van der Waals surface area (Å²) in [7, 11) is 0. The van der Waals surface area contributed by atoms with Crippen molar-refractivity contribution in [2.75, 3.05) is 6.54 Å². The lowest BCUT2D eigenvalue weighted by Gasteiger charge is -2.03. The first kappa shape index (κ1) is 13.8. The van der Waals surface area contributed by atoms with E-state index in [9.17, 15) is 14.9 Å². The number of carbonyl (C=O) groups is 1. The van der Waals surface area contributed by atoms with Gasteiger partial charge in [-0.05, 0) is 24.5 Å². The quantitative estimate of drug-likeness (QED) is 0.498. The molecule has 0 saturated heterocycles. The van der Waals surface area contributed by atoms with E-state index < -0.39 is 16.7 Å². The largest absolute Gasteiger partial charge is 0.433 e. The highest BCUT2D eigenvalue weighted by Crippen LogP contribution is 2.15. The molecule has 6 heteroatoms. The average Bonchev–Trinajstić information content (AvgIpc) is 2.94. The lowest BCUT2D eigenvalue weighted by atomic mass is 10.1. The van der Waals surface area contributed by atoms with Crippen molar-refractivity contribution in [3.63, 3.8) is 0 Å². The Morgan fingerprint density at radius 1 is 1.20 bits per heavy atom. The normalized spacial score (nSPS) is 10.2. The zero-order valence-corrected chi connectivity index (χ0v) is 10.7. The summed E-state index contributed by atoms with van der Waals surface area (Å²) in [6.45, 7) is 0.488. The maximum absolute atomic E-state index is 11.7. The van der Waals surface area contributed by atoms with Crippen molar-refractivity contribution in [3.05, 3.63) is 63.9 Å². The van der Waals surface area contributed by atoms with Crippen LogP contribution in [0.2, 0.25) is 0 Å². The predicted octanol–water partition coefficient (Wildman–Crippen LogP) is 2.55. The number of carbonyl (C=O) groups excluding carboxylic acids is 1. The Hall–Kier alpha value is -2.63. The van der Waals surface area contributed by atoms with Gasteiger partial charge in [0.05, 0.1) is 6.07 Å². The highest BCUT2D eigenvalue weighted by Gasteiger charge is 2.16. The number of nitrogens with zero attached hydrogens (tertiary/aromatic N) is 1. The second-order valence-corrected chi connectivity index (χ2v) is 4.24. The van der Waals surface area contributed by atoms with Gasteiger partial charge in [-0.1, -0.05) is 30.3 Å². The molecular formula is C14H14N2O4. The van der Waals surface area contributed by atoms with E-state index in [4.69, 9.17) is 4.42 Å². The third-order valence-electron chi connectivity index (χ3n) is 2.77. The number of aryl methyl sites for hydroxylation is 1. The first-order valence-electron chi connectivity index (χ1n) is 6.23. The second-order valence-electron chi connectivity index (χ2n) is 4.24. The Kier molecular flexibility index (Phi) is 4.49. The molecule has 0 atom stereocenters. The predicted molar refractivity (Wildman–Crippen MR) is 72.5 cm³/mol. The number of furan rings is 1. The molecule has 0 aliphatic carbocycles. The van der Waals surface area contributed by atoms with E-state index in [1.54, 1.807) is 0 Å². The molecule has 2 aromatic rings. The van der Waals surface area contributed by atoms with Crippen molar-refractivity contribution in [2.45, 2.75) is 12.8 Å². The molecule has 0 saturated carbocycles. The second kappa shape index (κ2) is 6.51. The molecule has 2 rings (SSSR count). The van der Waals surface area contributed by atoms with Gasteiger partial charge in [0, 0.05) is 6.54 Å². The number of benzene rings is 1. The van der Waals surface area contributed by atoms with Gasteiger partial charge in [0.2, 0.25) is 0 Å². The van der Waals surface area contributed by atoms with Gasteiger partial charge in [-0.3, -0.25) is 14.9 Å². The van der Waals surface area contributed by atoms with Crippen LogP contribution in [0.4, 0.5) is 5.88 Å². The van der Waals surface area contributed by atoms with Crippen molar-refractivity contribution in [1.82, 2.24) is 5.32 Å². The molecule has 0 bridgehead atoms. The molecule has 1 heterocycles. The zero-order valence-electron chi connectivity index (χ0n) is 10.7. The van der Waals surface area contributed by atoms with Gasteiger partial charge in [-0.15, -0.1) is 0 Å². The zero-order chi connectivity index (χ0) is 14.4. The first-order chi connectivity index (χ1) is 9.66. The summed E-state index contributed by atoms with van der Waals surface area (Å²) in [6, 6.07) is 12.4. The highest BCUT2D eigenvalue weighted by molar-refractivity contribution is 5.91. The third kappa shape index (κ3) is 3.68. The molecular weight excluding hydrogens is 260 g/mol. The SMILES string of the molecule is O=C(NCCCc1ccccc1)c1ccc([N+](=O)[O-])o1. The smallest absolute Gasteiger partial charge is 0.395 e. The van der Waals surface area contributed by atoms with Crippen molar-refractivity contribution in [2.24, 2.45) is 0 Å². The van der Waals surface area contributed by atoms with Crippen LogP contribution in [-0.4, -0.2) is 17.4 Å². The van der Waals surface area contributed by atoms with Gasteiger partial charge in [0.25, 0.3) is 5.91 Å². The Balaban J connectivity index is 1.76. The minimum atomic E-state index is -0.674. The van der Waals surface area contributed by atoms with E-state index in [2.05, 4.69) is 5.32 Å². The van der Waals surface area contributed by atoms with E-state index >= 15 is 0 Å². The molecule has 0 aliphatic heterocycles. The monoisotopic (exact) mass is 274 g/mol. The van der Waals surface area contributed by atoms with E-state index in [-0.39, 0.29) is 5.76 Å². The summed E-state index contributed by atoms with van der Waals surface area (Å²) in [5, 5.41) is 13.1. The van der Waals surface area contributed by atoms with Crippen LogP contribution in [-0.2, 0) is 6.42 Å². The van der Waals surface area contributed by atoms with Gasteiger partial charge < -0.3 is 9.73 Å². The number of rotatable bonds is 6. The van der Waals surface area contributed by atoms with Crippen LogP contribution in [0.15, 0.2) is 46.9 Å². The molecule has 0 aliphatic rings. The molecule has 0 unspecified atom stereocenters. The fraction of sp³-hybridized carbons (Fsp3) is 0.214. The van der Waals surface area contributed by atoms with Gasteiger partial charge in [0.15, 0.2) is 5.76 Å². The van der Waals surface area contributed by atoms with Crippen LogP contribution in [0.5, 0.6) is 0 Å². The molecule has 0 fully saturated rings. The Bertz CT molecular complexity index is 592. The van der Waals surface area contributed by atoms with Crippen LogP contribution in [0.3, 0.4) is 0 Å². The van der Waals surface area contributed by atoms with Crippen molar-refractivity contribution < 1.29 is 14.1 Å². The summed E-state index contributed by atoms with van der Waals surface area (Å²) in [6.07, 6.45) is 1.65. The van der Waals surface area contributed by atoms with Gasteiger partial charge in [-0.2, -0.15) is 0 Å². The molecule has 1 aromatic heterocycles. The summed E-state index contributed by atoms with van der Waals surface area (Å²) in [5.41, 5.74) is 1.20. The third-order valence-corrected chi connectivity index (χ3v) is 2.77. The van der Waals surface area contributed by atoms with Crippen LogP contribution in [0.25, 0.3) is 0 Å². The highest BCUT2D eigenvalue weighted by atomic mass is 16.6. The molecule has 1 aromatic carbocycles. The molecule has 20 heavy (non-hydrogen) atoms. The summed E-state index contributed by atoms with van der Waals surface area (Å²) >= 11 is 0. The van der Waals surface area contributed by atoms with Crippen LogP contribution < -0.4 is 5.32 Å². The molecule has 0 radical (unpaired) electrons. The number of nitro groups is 1. The lowest BCUT2D eigenvalue weighted by Crippen LogP contribution is -2.24. The maximum atomic E-state index is 11.7. The summed E-state index contributed by atoms with van der Waals surface area (Å²) in [5.74, 6) is -0.915. The van der Waals surface area contributed by atoms with E-state index in [1.807, 2.05) is 30.3 Å². The van der Waals surface area contributed by atoms with Gasteiger partial charge >= 0.3 is 5.88 Å². The number of hydrogen-bond acceptors (Lipinski definition) is 4. The van der Waals surface area contributed by atoms with Crippen molar-refractivity contribution in [3.8, 4) is 0 Å². The Labute approximate surface area is 115 Å². The van der Waals surface area contributed by atoms with Crippen molar-refractivity contribution in [1.29, 1.82) is 0 Å². The Morgan fingerprint density at radius 3 is 2.60 bits per heavy atom. The topological polar surface area (TPSA) is 85.4 Å². The lowest BCUT2D eigenvalue weighted by molar-refractivity contribution is -0.402. The van der Waals surface area contributed by atoms with Gasteiger partial charge in [0.1, 0.15) is 4.92 Å². The average molecular weight is 274 g/mol. The standard InChI is InChI=1S/C14H14N2O4/c17-14(12-8-9-13(20-12)16(18)19)15-10-4-7-11-5-2-1-3-6-11/h1-3,5-6,8-9H,4,7,10H2,(H,15,17). The molecule has 1 N–H and O–H groups in total. The minimum Gasteiger partial charge on any atom is -0.395 e. The molecule has 6 nitrogen and oxygen atoms in total. The number of hydrogen-bond donors (Lipinski definition) is 1. The maximum Gasteiger partial charge on any atom is 0.433 e. The number of amides is 1. The molecule has 0 spiro atoms. The van der Waals surface area contributed by atoms with E-state index in [1.165, 1.54) is 17.7 Å². The fourth-order valence-electron chi connectivity index (χ4n) is 1.77. The van der Waals surface area contributed by atoms with Crippen LogP contribution in [0.1, 0.15) is 22.5 Å². The minimum absolute atomic E-state index is 0.0450. The van der Waals surface area contributed by atoms with E-state index in [0.29, 0.717) is 6.54 Å². The van der Waals surface area contributed by atoms with Crippen LogP contribution >= 0.6 is 0 Å². The summed E-state index contributed by atoms with van der Waals surface area (Å²) < 4.78 is 4.81. The van der Waals surface area contributed by atoms with Gasteiger partial charge in [-0.25, -0.2) is 0 Å². The fourth-order valence-corrected chi connectivity index (χ4v) is 1.77. The van der Waals surface area contributed by atoms with E-state index in [0.717, 1.165) is 12.8 Å². The van der Waals surface area contributed by atoms with Crippen molar-refractivity contribution >= 4 is 11.8 Å². The van der Waals surface area contributed by atoms with Crippen LogP contribution in [0, 0.1) is 10.1 Å². The molecule has 1 amide bonds.